The number of likely N-dealkylation sites (N-methyl/N-ethyl adjacent to an activating group) is 1. The van der Waals surface area contributed by atoms with Gasteiger partial charge in [0.25, 0.3) is 0 Å². The molecule has 0 atom stereocenters. The molecule has 0 aliphatic heterocycles. The number of nitrogens with zero attached hydrogens (tertiary/aromatic N) is 3. The van der Waals surface area contributed by atoms with Crippen molar-refractivity contribution in [1.29, 1.82) is 0 Å². The molecule has 0 saturated heterocycles. The maximum absolute atomic E-state index is 12.4. The SMILES string of the molecule is CCN(CC)CCn1c2ccc(-c3ccsn3)cc2c2c3c(ccc21)C(=O)CC3. The molecule has 0 N–H and O–H groups in total. The van der Waals surface area contributed by atoms with Crippen molar-refractivity contribution in [2.24, 2.45) is 0 Å². The van der Waals surface area contributed by atoms with Crippen LogP contribution >= 0.6 is 11.5 Å². The van der Waals surface area contributed by atoms with Gasteiger partial charge in [0.1, 0.15) is 0 Å². The van der Waals surface area contributed by atoms with E-state index in [1.165, 1.54) is 38.9 Å². The van der Waals surface area contributed by atoms with Crippen molar-refractivity contribution in [3.63, 3.8) is 0 Å². The maximum atomic E-state index is 12.4. The number of aromatic nitrogens is 2. The van der Waals surface area contributed by atoms with Gasteiger partial charge in [-0.2, -0.15) is 4.37 Å². The summed E-state index contributed by atoms with van der Waals surface area (Å²) in [5, 5.41) is 4.53. The van der Waals surface area contributed by atoms with Crippen LogP contribution in [0.2, 0.25) is 0 Å². The Hall–Kier alpha value is -2.50. The molecule has 0 fully saturated rings. The van der Waals surface area contributed by atoms with Crippen LogP contribution in [0.25, 0.3) is 33.1 Å². The summed E-state index contributed by atoms with van der Waals surface area (Å²) in [6.45, 7) is 8.53. The van der Waals surface area contributed by atoms with Crippen molar-refractivity contribution in [3.05, 3.63) is 52.9 Å². The quantitative estimate of drug-likeness (QED) is 0.433. The Morgan fingerprint density at radius 3 is 2.66 bits per heavy atom. The van der Waals surface area contributed by atoms with E-state index >= 15 is 0 Å². The third kappa shape index (κ3) is 3.00. The molecule has 2 aromatic heterocycles. The fourth-order valence-corrected chi connectivity index (χ4v) is 5.23. The molecule has 2 heterocycles. The third-order valence-electron chi connectivity index (χ3n) is 6.31. The summed E-state index contributed by atoms with van der Waals surface area (Å²) in [6.07, 6.45) is 1.48. The van der Waals surface area contributed by atoms with Crippen LogP contribution in [0.15, 0.2) is 41.8 Å². The number of hydrogen-bond donors (Lipinski definition) is 0. The van der Waals surface area contributed by atoms with E-state index in [4.69, 9.17) is 0 Å². The Balaban J connectivity index is 1.74. The lowest BCUT2D eigenvalue weighted by atomic mass is 10.0. The molecular formula is C24H25N3OS. The standard InChI is InChI=1S/C24H25N3OS/c1-3-26(4-2)12-13-27-21-8-5-16(20-11-14-29-25-20)15-19(21)24-18-7-10-23(28)17(18)6-9-22(24)27/h5-6,8-9,11,14-15H,3-4,7,10,12-13H2,1-2H3. The Morgan fingerprint density at radius 2 is 1.90 bits per heavy atom. The Labute approximate surface area is 174 Å². The summed E-state index contributed by atoms with van der Waals surface area (Å²) >= 11 is 1.48. The molecule has 1 aliphatic rings. The molecule has 5 rings (SSSR count). The molecule has 148 valence electrons. The van der Waals surface area contributed by atoms with Crippen molar-refractivity contribution >= 4 is 39.1 Å². The van der Waals surface area contributed by atoms with E-state index in [1.54, 1.807) is 0 Å². The second-order valence-corrected chi connectivity index (χ2v) is 8.37. The molecule has 1 aliphatic carbocycles. The first kappa shape index (κ1) is 18.5. The van der Waals surface area contributed by atoms with Gasteiger partial charge in [0.15, 0.2) is 5.78 Å². The largest absolute Gasteiger partial charge is 0.339 e. The normalized spacial score (nSPS) is 13.8. The molecule has 0 amide bonds. The minimum absolute atomic E-state index is 0.279. The minimum atomic E-state index is 0.279. The van der Waals surface area contributed by atoms with Crippen LogP contribution in [0.5, 0.6) is 0 Å². The first-order valence-electron chi connectivity index (χ1n) is 10.5. The van der Waals surface area contributed by atoms with E-state index in [0.717, 1.165) is 49.4 Å². The molecule has 0 bridgehead atoms. The molecule has 4 aromatic rings. The van der Waals surface area contributed by atoms with Crippen LogP contribution in [-0.2, 0) is 13.0 Å². The van der Waals surface area contributed by atoms with Gasteiger partial charge in [0, 0.05) is 57.8 Å². The lowest BCUT2D eigenvalue weighted by Gasteiger charge is -2.19. The summed E-state index contributed by atoms with van der Waals surface area (Å²) in [6, 6.07) is 12.9. The van der Waals surface area contributed by atoms with Gasteiger partial charge < -0.3 is 9.47 Å². The number of rotatable bonds is 6. The monoisotopic (exact) mass is 403 g/mol. The van der Waals surface area contributed by atoms with Crippen molar-refractivity contribution in [3.8, 4) is 11.3 Å². The van der Waals surface area contributed by atoms with Gasteiger partial charge >= 0.3 is 0 Å². The third-order valence-corrected chi connectivity index (χ3v) is 6.87. The van der Waals surface area contributed by atoms with Crippen LogP contribution in [0.1, 0.15) is 36.2 Å². The highest BCUT2D eigenvalue weighted by Crippen LogP contribution is 2.38. The fourth-order valence-electron chi connectivity index (χ4n) is 4.70. The van der Waals surface area contributed by atoms with Crippen LogP contribution in [0.4, 0.5) is 0 Å². The summed E-state index contributed by atoms with van der Waals surface area (Å²) in [5.74, 6) is 0.279. The van der Waals surface area contributed by atoms with Crippen LogP contribution in [-0.4, -0.2) is 39.3 Å². The van der Waals surface area contributed by atoms with E-state index in [0.29, 0.717) is 6.42 Å². The number of fused-ring (bicyclic) bond motifs is 5. The molecule has 4 nitrogen and oxygen atoms in total. The Bertz CT molecular complexity index is 1200. The fraction of sp³-hybridized carbons (Fsp3) is 0.333. The molecule has 2 aromatic carbocycles. The number of ketones is 1. The van der Waals surface area contributed by atoms with Gasteiger partial charge in [-0.05, 0) is 66.9 Å². The molecule has 0 radical (unpaired) electrons. The van der Waals surface area contributed by atoms with Gasteiger partial charge in [-0.25, -0.2) is 0 Å². The molecule has 5 heteroatoms. The Morgan fingerprint density at radius 1 is 1.07 bits per heavy atom. The highest BCUT2D eigenvalue weighted by molar-refractivity contribution is 7.03. The first-order valence-corrected chi connectivity index (χ1v) is 11.3. The summed E-state index contributed by atoms with van der Waals surface area (Å²) < 4.78 is 6.96. The van der Waals surface area contributed by atoms with Crippen molar-refractivity contribution in [1.82, 2.24) is 13.8 Å². The molecular weight excluding hydrogens is 378 g/mol. The summed E-state index contributed by atoms with van der Waals surface area (Å²) in [4.78, 5) is 14.8. The van der Waals surface area contributed by atoms with E-state index in [9.17, 15) is 4.79 Å². The number of hydrogen-bond acceptors (Lipinski definition) is 4. The molecule has 29 heavy (non-hydrogen) atoms. The van der Waals surface area contributed by atoms with Gasteiger partial charge in [0.2, 0.25) is 0 Å². The zero-order valence-electron chi connectivity index (χ0n) is 16.9. The minimum Gasteiger partial charge on any atom is -0.339 e. The lowest BCUT2D eigenvalue weighted by molar-refractivity contribution is 0.0994. The van der Waals surface area contributed by atoms with Crippen LogP contribution in [0.3, 0.4) is 0 Å². The summed E-state index contributed by atoms with van der Waals surface area (Å²) in [7, 11) is 0. The lowest BCUT2D eigenvalue weighted by Crippen LogP contribution is -2.26. The first-order chi connectivity index (χ1) is 14.2. The van der Waals surface area contributed by atoms with Gasteiger partial charge in [0.05, 0.1) is 5.69 Å². The van der Waals surface area contributed by atoms with Crippen LogP contribution in [0, 0.1) is 0 Å². The van der Waals surface area contributed by atoms with Crippen LogP contribution < -0.4 is 0 Å². The number of benzene rings is 2. The van der Waals surface area contributed by atoms with E-state index in [2.05, 4.69) is 58.0 Å². The topological polar surface area (TPSA) is 38.1 Å². The van der Waals surface area contributed by atoms with E-state index in [-0.39, 0.29) is 5.78 Å². The summed E-state index contributed by atoms with van der Waals surface area (Å²) in [5.41, 5.74) is 6.80. The number of Topliss-reactive ketones (excluding diaryl/α,β-unsaturated/α-hetero) is 1. The zero-order chi connectivity index (χ0) is 20.0. The zero-order valence-corrected chi connectivity index (χ0v) is 17.8. The second kappa shape index (κ2) is 7.39. The average Bonchev–Trinajstić information content (AvgIpc) is 3.47. The van der Waals surface area contributed by atoms with Gasteiger partial charge in [-0.1, -0.05) is 19.9 Å². The molecule has 0 saturated carbocycles. The van der Waals surface area contributed by atoms with Crippen molar-refractivity contribution in [2.45, 2.75) is 33.2 Å². The van der Waals surface area contributed by atoms with E-state index < -0.39 is 0 Å². The highest BCUT2D eigenvalue weighted by atomic mass is 32.1. The predicted octanol–water partition coefficient (Wildman–Crippen LogP) is 5.39. The predicted molar refractivity (Wildman–Crippen MR) is 121 cm³/mol. The average molecular weight is 404 g/mol. The smallest absolute Gasteiger partial charge is 0.163 e. The molecule has 0 unspecified atom stereocenters. The van der Waals surface area contributed by atoms with Crippen molar-refractivity contribution < 1.29 is 4.79 Å². The number of carbonyl (C=O) groups excluding carboxylic acids is 1. The van der Waals surface area contributed by atoms with E-state index in [1.807, 2.05) is 11.4 Å². The maximum Gasteiger partial charge on any atom is 0.163 e. The van der Waals surface area contributed by atoms with Gasteiger partial charge in [-0.3, -0.25) is 4.79 Å². The second-order valence-electron chi connectivity index (χ2n) is 7.70. The Kier molecular flexibility index (Phi) is 4.72. The van der Waals surface area contributed by atoms with Gasteiger partial charge in [-0.15, -0.1) is 0 Å². The highest BCUT2D eigenvalue weighted by Gasteiger charge is 2.25. The number of aryl methyl sites for hydroxylation is 1. The van der Waals surface area contributed by atoms with Crippen molar-refractivity contribution in [2.75, 3.05) is 19.6 Å². The number of carbonyl (C=O) groups is 1. The molecule has 0 spiro atoms.